The van der Waals surface area contributed by atoms with Gasteiger partial charge >= 0.3 is 0 Å². The van der Waals surface area contributed by atoms with E-state index < -0.39 is 24.4 Å². The minimum Gasteiger partial charge on any atom is -0.394 e. The summed E-state index contributed by atoms with van der Waals surface area (Å²) in [6, 6.07) is 0. The summed E-state index contributed by atoms with van der Waals surface area (Å²) in [5.41, 5.74) is 0. The molecule has 0 aromatic rings. The molecule has 4 atom stereocenters. The van der Waals surface area contributed by atoms with E-state index in [2.05, 4.69) is 0 Å². The van der Waals surface area contributed by atoms with Crippen LogP contribution in [0, 0.1) is 0 Å². The van der Waals surface area contributed by atoms with Gasteiger partial charge in [0, 0.05) is 0 Å². The summed E-state index contributed by atoms with van der Waals surface area (Å²) < 4.78 is 10.1. The second kappa shape index (κ2) is 5.59. The van der Waals surface area contributed by atoms with Crippen molar-refractivity contribution in [3.63, 3.8) is 0 Å². The Kier molecular flexibility index (Phi) is 4.73. The minimum atomic E-state index is -1.05. The number of ether oxygens (including phenoxy) is 2. The van der Waals surface area contributed by atoms with Crippen LogP contribution in [-0.4, -0.2) is 71.3 Å². The van der Waals surface area contributed by atoms with Gasteiger partial charge in [0.1, 0.15) is 24.4 Å². The maximum absolute atomic E-state index is 9.43. The normalized spacial score (nSPS) is 34.7. The number of aliphatic hydroxyl groups is 4. The maximum Gasteiger partial charge on any atom is 0.114 e. The summed E-state index contributed by atoms with van der Waals surface area (Å²) >= 11 is 0. The molecule has 6 nitrogen and oxygen atoms in total. The van der Waals surface area contributed by atoms with Crippen molar-refractivity contribution >= 4 is 0 Å². The van der Waals surface area contributed by atoms with E-state index >= 15 is 0 Å². The van der Waals surface area contributed by atoms with Crippen LogP contribution in [0.2, 0.25) is 0 Å². The molecule has 1 saturated heterocycles. The van der Waals surface area contributed by atoms with E-state index in [1.54, 1.807) is 0 Å². The number of hydrogen-bond acceptors (Lipinski definition) is 6. The first-order chi connectivity index (χ1) is 6.70. The highest BCUT2D eigenvalue weighted by molar-refractivity contribution is 4.88. The van der Waals surface area contributed by atoms with Crippen molar-refractivity contribution in [3.8, 4) is 0 Å². The van der Waals surface area contributed by atoms with Gasteiger partial charge in [-0.25, -0.2) is 0 Å². The van der Waals surface area contributed by atoms with Gasteiger partial charge in [-0.1, -0.05) is 0 Å². The first-order valence-corrected chi connectivity index (χ1v) is 4.51. The van der Waals surface area contributed by atoms with Crippen molar-refractivity contribution in [3.05, 3.63) is 0 Å². The van der Waals surface area contributed by atoms with Crippen molar-refractivity contribution in [2.75, 3.05) is 26.4 Å². The van der Waals surface area contributed by atoms with Crippen LogP contribution < -0.4 is 0 Å². The molecular weight excluding hydrogens is 192 g/mol. The highest BCUT2D eigenvalue weighted by Crippen LogP contribution is 2.19. The van der Waals surface area contributed by atoms with Gasteiger partial charge in [0.05, 0.1) is 26.4 Å². The second-order valence-corrected chi connectivity index (χ2v) is 3.17. The van der Waals surface area contributed by atoms with Crippen molar-refractivity contribution in [1.82, 2.24) is 0 Å². The molecule has 0 aliphatic carbocycles. The van der Waals surface area contributed by atoms with E-state index in [1.807, 2.05) is 0 Å². The fourth-order valence-corrected chi connectivity index (χ4v) is 1.41. The van der Waals surface area contributed by atoms with Gasteiger partial charge in [-0.15, -0.1) is 0 Å². The van der Waals surface area contributed by atoms with Crippen LogP contribution >= 0.6 is 0 Å². The van der Waals surface area contributed by atoms with Gasteiger partial charge in [-0.3, -0.25) is 0 Å². The zero-order valence-corrected chi connectivity index (χ0v) is 7.74. The summed E-state index contributed by atoms with van der Waals surface area (Å²) in [5.74, 6) is 0. The molecule has 14 heavy (non-hydrogen) atoms. The largest absolute Gasteiger partial charge is 0.394 e. The van der Waals surface area contributed by atoms with E-state index in [0.29, 0.717) is 0 Å². The van der Waals surface area contributed by atoms with Crippen LogP contribution in [0.15, 0.2) is 0 Å². The number of hydrogen-bond donors (Lipinski definition) is 4. The summed E-state index contributed by atoms with van der Waals surface area (Å²) in [6.07, 6.45) is -3.44. The van der Waals surface area contributed by atoms with Crippen molar-refractivity contribution in [2.45, 2.75) is 24.4 Å². The van der Waals surface area contributed by atoms with Crippen molar-refractivity contribution in [1.29, 1.82) is 0 Å². The van der Waals surface area contributed by atoms with Crippen molar-refractivity contribution in [2.24, 2.45) is 0 Å². The smallest absolute Gasteiger partial charge is 0.114 e. The monoisotopic (exact) mass is 208 g/mol. The minimum absolute atomic E-state index is 0.0326. The van der Waals surface area contributed by atoms with Gasteiger partial charge in [0.25, 0.3) is 0 Å². The summed E-state index contributed by atoms with van der Waals surface area (Å²) in [7, 11) is 0. The molecule has 0 spiro atoms. The van der Waals surface area contributed by atoms with E-state index in [9.17, 15) is 10.2 Å². The third-order valence-corrected chi connectivity index (χ3v) is 2.16. The molecule has 1 aliphatic heterocycles. The van der Waals surface area contributed by atoms with Crippen LogP contribution in [0.3, 0.4) is 0 Å². The molecule has 1 rings (SSSR count). The Labute approximate surface area is 81.7 Å². The molecule has 1 fully saturated rings. The highest BCUT2D eigenvalue weighted by Gasteiger charge is 2.40. The molecule has 0 amide bonds. The predicted molar refractivity (Wildman–Crippen MR) is 45.7 cm³/mol. The third-order valence-electron chi connectivity index (χ3n) is 2.16. The molecule has 6 heteroatoms. The first-order valence-electron chi connectivity index (χ1n) is 4.51. The van der Waals surface area contributed by atoms with Crippen LogP contribution in [0.25, 0.3) is 0 Å². The molecule has 0 radical (unpaired) electrons. The molecule has 0 aromatic heterocycles. The van der Waals surface area contributed by atoms with Gasteiger partial charge in [0.2, 0.25) is 0 Å². The van der Waals surface area contributed by atoms with Gasteiger partial charge < -0.3 is 29.9 Å². The Balaban J connectivity index is 2.43. The third kappa shape index (κ3) is 2.63. The summed E-state index contributed by atoms with van der Waals surface area (Å²) in [5, 5.41) is 36.1. The fraction of sp³-hybridized carbons (Fsp3) is 1.00. The van der Waals surface area contributed by atoms with Crippen LogP contribution in [-0.2, 0) is 9.47 Å². The zero-order chi connectivity index (χ0) is 10.6. The maximum atomic E-state index is 9.43. The molecule has 0 unspecified atom stereocenters. The van der Waals surface area contributed by atoms with Crippen LogP contribution in [0.4, 0.5) is 0 Å². The number of aliphatic hydroxyl groups excluding tert-OH is 4. The summed E-state index contributed by atoms with van der Waals surface area (Å²) in [4.78, 5) is 0. The lowest BCUT2D eigenvalue weighted by Crippen LogP contribution is -2.42. The Morgan fingerprint density at radius 3 is 2.50 bits per heavy atom. The van der Waals surface area contributed by atoms with E-state index in [4.69, 9.17) is 19.7 Å². The quantitative estimate of drug-likeness (QED) is 0.398. The molecule has 1 aliphatic rings. The van der Waals surface area contributed by atoms with E-state index in [1.165, 1.54) is 0 Å². The van der Waals surface area contributed by atoms with Crippen molar-refractivity contribution < 1.29 is 29.9 Å². The molecule has 84 valence electrons. The molecule has 0 aromatic carbocycles. The standard InChI is InChI=1S/C8H16O6/c9-1-2-13-6(3-10)8-7(12)5(11)4-14-8/h5-12H,1-4H2/t5-,6+,7+,8+/m0/s1. The molecule has 0 bridgehead atoms. The van der Waals surface area contributed by atoms with Crippen LogP contribution in [0.5, 0.6) is 0 Å². The Morgan fingerprint density at radius 1 is 1.36 bits per heavy atom. The average molecular weight is 208 g/mol. The highest BCUT2D eigenvalue weighted by atomic mass is 16.6. The second-order valence-electron chi connectivity index (χ2n) is 3.17. The predicted octanol–water partition coefficient (Wildman–Crippen LogP) is -2.52. The van der Waals surface area contributed by atoms with E-state index in [-0.39, 0.29) is 26.4 Å². The van der Waals surface area contributed by atoms with Gasteiger partial charge in [0.15, 0.2) is 0 Å². The Morgan fingerprint density at radius 2 is 2.07 bits per heavy atom. The molecule has 1 heterocycles. The first kappa shape index (κ1) is 11.8. The lowest BCUT2D eigenvalue weighted by molar-refractivity contribution is -0.105. The number of rotatable bonds is 5. The zero-order valence-electron chi connectivity index (χ0n) is 7.74. The topological polar surface area (TPSA) is 99.4 Å². The molecular formula is C8H16O6. The molecule has 0 saturated carbocycles. The average Bonchev–Trinajstić information content (AvgIpc) is 2.51. The van der Waals surface area contributed by atoms with Gasteiger partial charge in [-0.05, 0) is 0 Å². The SMILES string of the molecule is OCCO[C@H](CO)[C@H]1OC[C@H](O)[C@H]1O. The lowest BCUT2D eigenvalue weighted by Gasteiger charge is -2.23. The molecule has 4 N–H and O–H groups in total. The van der Waals surface area contributed by atoms with E-state index in [0.717, 1.165) is 0 Å². The van der Waals surface area contributed by atoms with Gasteiger partial charge in [-0.2, -0.15) is 0 Å². The fourth-order valence-electron chi connectivity index (χ4n) is 1.41. The lowest BCUT2D eigenvalue weighted by atomic mass is 10.1. The van der Waals surface area contributed by atoms with Crippen LogP contribution in [0.1, 0.15) is 0 Å². The Bertz CT molecular complexity index is 164. The summed E-state index contributed by atoms with van der Waals surface area (Å²) in [6.45, 7) is -0.394. The Hall–Kier alpha value is -0.240.